The SMILES string of the molecule is CC(C1C=CCCC1)(C1C=CCCC1)P(=O)(O)O. The molecule has 0 aliphatic heterocycles. The average molecular weight is 270 g/mol. The monoisotopic (exact) mass is 270 g/mol. The van der Waals surface area contributed by atoms with Gasteiger partial charge in [0.05, 0.1) is 5.16 Å². The van der Waals surface area contributed by atoms with Crippen molar-refractivity contribution in [3.8, 4) is 0 Å². The third kappa shape index (κ3) is 2.49. The Balaban J connectivity index is 2.36. The molecule has 0 saturated heterocycles. The molecule has 0 radical (unpaired) electrons. The van der Waals surface area contributed by atoms with E-state index < -0.39 is 12.8 Å². The van der Waals surface area contributed by atoms with E-state index in [1.54, 1.807) is 6.92 Å². The molecule has 3 nitrogen and oxygen atoms in total. The summed E-state index contributed by atoms with van der Waals surface area (Å²) in [7, 11) is -4.13. The van der Waals surface area contributed by atoms with Gasteiger partial charge in [0, 0.05) is 0 Å². The Morgan fingerprint density at radius 3 is 1.78 bits per heavy atom. The number of hydrogen-bond acceptors (Lipinski definition) is 1. The summed E-state index contributed by atoms with van der Waals surface area (Å²) in [6.45, 7) is 1.79. The zero-order valence-electron chi connectivity index (χ0n) is 11.0. The van der Waals surface area contributed by atoms with Crippen molar-refractivity contribution in [1.29, 1.82) is 0 Å². The van der Waals surface area contributed by atoms with E-state index in [9.17, 15) is 14.4 Å². The highest BCUT2D eigenvalue weighted by atomic mass is 31.2. The number of allylic oxidation sites excluding steroid dienone is 4. The van der Waals surface area contributed by atoms with Crippen LogP contribution in [0.25, 0.3) is 0 Å². The maximum atomic E-state index is 12.1. The van der Waals surface area contributed by atoms with Crippen LogP contribution in [0.3, 0.4) is 0 Å². The summed E-state index contributed by atoms with van der Waals surface area (Å²) in [5.74, 6) is -0.000309. The highest BCUT2D eigenvalue weighted by Gasteiger charge is 2.52. The van der Waals surface area contributed by atoms with Crippen molar-refractivity contribution in [1.82, 2.24) is 0 Å². The minimum absolute atomic E-state index is 0.000154. The molecular formula is C14H23O3P. The molecule has 0 spiro atoms. The lowest BCUT2D eigenvalue weighted by atomic mass is 9.74. The van der Waals surface area contributed by atoms with Gasteiger partial charge in [0.15, 0.2) is 0 Å². The summed E-state index contributed by atoms with van der Waals surface area (Å²) in [5, 5.41) is -0.930. The second kappa shape index (κ2) is 5.32. The van der Waals surface area contributed by atoms with Crippen molar-refractivity contribution in [3.05, 3.63) is 24.3 Å². The fourth-order valence-corrected chi connectivity index (χ4v) is 4.60. The topological polar surface area (TPSA) is 57.5 Å². The molecule has 2 unspecified atom stereocenters. The molecule has 2 aliphatic rings. The lowest BCUT2D eigenvalue weighted by Crippen LogP contribution is -2.41. The first-order valence-electron chi connectivity index (χ1n) is 6.85. The van der Waals surface area contributed by atoms with Crippen molar-refractivity contribution in [2.75, 3.05) is 0 Å². The van der Waals surface area contributed by atoms with Gasteiger partial charge in [0.1, 0.15) is 0 Å². The van der Waals surface area contributed by atoms with Gasteiger partial charge in [-0.2, -0.15) is 0 Å². The molecule has 0 saturated carbocycles. The minimum Gasteiger partial charge on any atom is -0.324 e. The predicted octanol–water partition coefficient (Wildman–Crippen LogP) is 3.64. The Hall–Kier alpha value is -0.370. The Bertz CT molecular complexity index is 370. The first-order valence-corrected chi connectivity index (χ1v) is 8.46. The quantitative estimate of drug-likeness (QED) is 0.608. The molecule has 102 valence electrons. The smallest absolute Gasteiger partial charge is 0.324 e. The van der Waals surface area contributed by atoms with E-state index in [0.29, 0.717) is 0 Å². The molecule has 2 atom stereocenters. The normalized spacial score (nSPS) is 32.2. The minimum atomic E-state index is -4.13. The summed E-state index contributed by atoms with van der Waals surface area (Å²) in [5.41, 5.74) is 0. The highest BCUT2D eigenvalue weighted by Crippen LogP contribution is 2.61. The highest BCUT2D eigenvalue weighted by molar-refractivity contribution is 7.53. The molecule has 0 amide bonds. The lowest BCUT2D eigenvalue weighted by molar-refractivity contribution is 0.239. The van der Waals surface area contributed by atoms with Gasteiger partial charge in [-0.25, -0.2) is 0 Å². The number of rotatable bonds is 3. The van der Waals surface area contributed by atoms with Crippen molar-refractivity contribution in [2.24, 2.45) is 11.8 Å². The van der Waals surface area contributed by atoms with Crippen LogP contribution in [0.15, 0.2) is 24.3 Å². The summed E-state index contributed by atoms with van der Waals surface area (Å²) >= 11 is 0. The van der Waals surface area contributed by atoms with E-state index in [0.717, 1.165) is 38.5 Å². The maximum absolute atomic E-state index is 12.1. The van der Waals surface area contributed by atoms with E-state index in [-0.39, 0.29) is 11.8 Å². The van der Waals surface area contributed by atoms with E-state index in [1.165, 1.54) is 0 Å². The van der Waals surface area contributed by atoms with Gasteiger partial charge >= 0.3 is 7.60 Å². The van der Waals surface area contributed by atoms with Crippen molar-refractivity contribution >= 4 is 7.60 Å². The van der Waals surface area contributed by atoms with Crippen LogP contribution in [0.5, 0.6) is 0 Å². The second-order valence-corrected chi connectivity index (χ2v) is 7.75. The third-order valence-corrected chi connectivity index (χ3v) is 6.56. The fraction of sp³-hybridized carbons (Fsp3) is 0.714. The van der Waals surface area contributed by atoms with Crippen LogP contribution in [-0.4, -0.2) is 14.9 Å². The van der Waals surface area contributed by atoms with E-state index in [2.05, 4.69) is 12.2 Å². The van der Waals surface area contributed by atoms with Crippen molar-refractivity contribution in [2.45, 2.75) is 50.6 Å². The summed E-state index contributed by atoms with van der Waals surface area (Å²) in [4.78, 5) is 19.8. The van der Waals surface area contributed by atoms with Gasteiger partial charge in [-0.15, -0.1) is 0 Å². The van der Waals surface area contributed by atoms with Crippen LogP contribution in [0, 0.1) is 11.8 Å². The lowest BCUT2D eigenvalue weighted by Gasteiger charge is -2.43. The first kappa shape index (κ1) is 14.0. The Kier molecular flexibility index (Phi) is 4.15. The number of hydrogen-bond donors (Lipinski definition) is 2. The predicted molar refractivity (Wildman–Crippen MR) is 73.4 cm³/mol. The molecule has 0 fully saturated rings. The Morgan fingerprint density at radius 2 is 1.50 bits per heavy atom. The molecule has 0 aromatic heterocycles. The van der Waals surface area contributed by atoms with Gasteiger partial charge in [0.25, 0.3) is 0 Å². The molecule has 2 N–H and O–H groups in total. The van der Waals surface area contributed by atoms with Crippen LogP contribution in [-0.2, 0) is 4.57 Å². The largest absolute Gasteiger partial charge is 0.332 e. The molecule has 0 aromatic rings. The van der Waals surface area contributed by atoms with Gasteiger partial charge in [-0.3, -0.25) is 4.57 Å². The van der Waals surface area contributed by atoms with E-state index in [4.69, 9.17) is 0 Å². The standard InChI is InChI=1S/C14H23O3P/c1-14(18(15,16)17,12-8-4-2-5-9-12)13-10-6-3-7-11-13/h4,6,8,10,12-13H,2-3,5,7,9,11H2,1H3,(H2,15,16,17). The maximum Gasteiger partial charge on any atom is 0.332 e. The molecule has 0 heterocycles. The fourth-order valence-electron chi connectivity index (χ4n) is 3.31. The first-order chi connectivity index (χ1) is 8.46. The van der Waals surface area contributed by atoms with Crippen molar-refractivity contribution in [3.63, 3.8) is 0 Å². The van der Waals surface area contributed by atoms with E-state index in [1.807, 2.05) is 12.2 Å². The van der Waals surface area contributed by atoms with Gasteiger partial charge < -0.3 is 9.79 Å². The van der Waals surface area contributed by atoms with Gasteiger partial charge in [-0.1, -0.05) is 24.3 Å². The second-order valence-electron chi connectivity index (χ2n) is 5.70. The summed E-state index contributed by atoms with van der Waals surface area (Å²) < 4.78 is 12.1. The van der Waals surface area contributed by atoms with E-state index >= 15 is 0 Å². The van der Waals surface area contributed by atoms with Crippen molar-refractivity contribution < 1.29 is 14.4 Å². The molecular weight excluding hydrogens is 247 g/mol. The zero-order chi connectivity index (χ0) is 13.2. The van der Waals surface area contributed by atoms with Crippen LogP contribution >= 0.6 is 7.60 Å². The van der Waals surface area contributed by atoms with Crippen LogP contribution in [0.1, 0.15) is 45.4 Å². The summed E-state index contributed by atoms with van der Waals surface area (Å²) in [6, 6.07) is 0. The average Bonchev–Trinajstić information content (AvgIpc) is 2.38. The van der Waals surface area contributed by atoms with Gasteiger partial charge in [-0.05, 0) is 57.3 Å². The Morgan fingerprint density at radius 1 is 1.06 bits per heavy atom. The van der Waals surface area contributed by atoms with Crippen LogP contribution in [0.2, 0.25) is 0 Å². The molecule has 0 aromatic carbocycles. The molecule has 0 bridgehead atoms. The van der Waals surface area contributed by atoms with Crippen LogP contribution < -0.4 is 0 Å². The Labute approximate surface area is 109 Å². The third-order valence-electron chi connectivity index (χ3n) is 4.64. The molecule has 2 aliphatic carbocycles. The van der Waals surface area contributed by atoms with Crippen LogP contribution in [0.4, 0.5) is 0 Å². The molecule has 4 heteroatoms. The molecule has 2 rings (SSSR count). The van der Waals surface area contributed by atoms with Gasteiger partial charge in [0.2, 0.25) is 0 Å². The molecule has 18 heavy (non-hydrogen) atoms. The zero-order valence-corrected chi connectivity index (χ0v) is 11.9. The summed E-state index contributed by atoms with van der Waals surface area (Å²) in [6.07, 6.45) is 14.1.